The molecule has 162 valence electrons. The topological polar surface area (TPSA) is 78.0 Å². The summed E-state index contributed by atoms with van der Waals surface area (Å²) >= 11 is 0. The van der Waals surface area contributed by atoms with Gasteiger partial charge < -0.3 is 9.88 Å². The number of rotatable bonds is 4. The van der Waals surface area contributed by atoms with Gasteiger partial charge in [0.15, 0.2) is 5.82 Å². The molecule has 8 nitrogen and oxygen atoms in total. The van der Waals surface area contributed by atoms with Gasteiger partial charge >= 0.3 is 0 Å². The summed E-state index contributed by atoms with van der Waals surface area (Å²) in [6.45, 7) is 2.01. The average Bonchev–Trinajstić information content (AvgIpc) is 3.24. The quantitative estimate of drug-likeness (QED) is 0.505. The van der Waals surface area contributed by atoms with E-state index in [0.717, 1.165) is 57.8 Å². The van der Waals surface area contributed by atoms with Crippen molar-refractivity contribution in [2.45, 2.75) is 56.8 Å². The number of aromatic nitrogens is 6. The molecule has 32 heavy (non-hydrogen) atoms. The zero-order valence-electron chi connectivity index (χ0n) is 18.3. The summed E-state index contributed by atoms with van der Waals surface area (Å²) in [4.78, 5) is 12.4. The van der Waals surface area contributed by atoms with E-state index in [1.165, 1.54) is 25.7 Å². The minimum Gasteiger partial charge on any atom is -0.355 e. The van der Waals surface area contributed by atoms with Gasteiger partial charge in [-0.25, -0.2) is 9.50 Å². The standard InChI is InChI=1S/C24H26N8/c1-14-9-22-17(4-7-20(32(22)29-14)19-12-25-13-26-19)18-5-8-24(28-27-18)30(2)16-10-15-3-6-21-23(11-16)31(15)21/h4-5,7-9,12-13,15-16,21,23H,3,6,10-11H2,1-2H3,(H,25,26)/t15-,16-,21+,23?,31?/m0/s1. The largest absolute Gasteiger partial charge is 0.355 e. The Labute approximate surface area is 186 Å². The maximum Gasteiger partial charge on any atom is 0.151 e. The van der Waals surface area contributed by atoms with Crippen LogP contribution in [0.4, 0.5) is 5.82 Å². The van der Waals surface area contributed by atoms with Crippen LogP contribution in [0.1, 0.15) is 31.4 Å². The molecule has 5 atom stereocenters. The molecule has 3 fully saturated rings. The molecule has 8 heteroatoms. The van der Waals surface area contributed by atoms with Gasteiger partial charge in [0.2, 0.25) is 0 Å². The van der Waals surface area contributed by atoms with E-state index in [9.17, 15) is 0 Å². The van der Waals surface area contributed by atoms with Gasteiger partial charge in [0, 0.05) is 36.8 Å². The number of pyridine rings is 1. The van der Waals surface area contributed by atoms with Crippen molar-refractivity contribution in [2.24, 2.45) is 0 Å². The molecule has 0 spiro atoms. The summed E-state index contributed by atoms with van der Waals surface area (Å²) in [7, 11) is 2.18. The zero-order chi connectivity index (χ0) is 21.4. The smallest absolute Gasteiger partial charge is 0.151 e. The van der Waals surface area contributed by atoms with E-state index in [1.807, 2.05) is 17.6 Å². The normalized spacial score (nSPS) is 28.1. The van der Waals surface area contributed by atoms with Crippen LogP contribution in [0, 0.1) is 6.92 Å². The van der Waals surface area contributed by atoms with E-state index in [1.54, 1.807) is 6.33 Å². The summed E-state index contributed by atoms with van der Waals surface area (Å²) in [6.07, 6.45) is 8.77. The number of hydrogen-bond acceptors (Lipinski definition) is 6. The first-order valence-electron chi connectivity index (χ1n) is 11.5. The third kappa shape index (κ3) is 2.65. The number of nitrogens with one attached hydrogen (secondary N) is 1. The highest BCUT2D eigenvalue weighted by Gasteiger charge is 2.59. The first-order valence-corrected chi connectivity index (χ1v) is 11.5. The SMILES string of the molecule is Cc1cc2c(-c3ccc(N(C)[C@@H]4CC5[C@H]6CC[C@@H](C4)N56)nn3)ccc(-c3cnc[nH]3)n2n1. The van der Waals surface area contributed by atoms with Crippen LogP contribution in [0.15, 0.2) is 42.9 Å². The summed E-state index contributed by atoms with van der Waals surface area (Å²) < 4.78 is 1.96. The van der Waals surface area contributed by atoms with Gasteiger partial charge in [0.25, 0.3) is 0 Å². The number of piperidine rings is 2. The molecule has 4 aromatic rings. The molecular formula is C24H26N8. The molecular weight excluding hydrogens is 400 g/mol. The lowest BCUT2D eigenvalue weighted by Crippen LogP contribution is -2.42. The number of hydrogen-bond donors (Lipinski definition) is 1. The van der Waals surface area contributed by atoms with Gasteiger partial charge in [-0.05, 0) is 62.9 Å². The van der Waals surface area contributed by atoms with E-state index < -0.39 is 0 Å². The van der Waals surface area contributed by atoms with Crippen molar-refractivity contribution in [1.82, 2.24) is 34.7 Å². The van der Waals surface area contributed by atoms with Crippen LogP contribution in [-0.2, 0) is 0 Å². The molecule has 1 N–H and O–H groups in total. The number of H-pyrrole nitrogens is 1. The molecule has 3 aliphatic heterocycles. The molecule has 7 heterocycles. The Morgan fingerprint density at radius 2 is 2.00 bits per heavy atom. The fourth-order valence-corrected chi connectivity index (χ4v) is 6.13. The lowest BCUT2D eigenvalue weighted by molar-refractivity contribution is 0.274. The van der Waals surface area contributed by atoms with Crippen molar-refractivity contribution >= 4 is 11.3 Å². The van der Waals surface area contributed by atoms with Crippen LogP contribution in [0.2, 0.25) is 0 Å². The first kappa shape index (κ1) is 18.3. The summed E-state index contributed by atoms with van der Waals surface area (Å²) in [5.41, 5.74) is 5.77. The van der Waals surface area contributed by atoms with Gasteiger partial charge in [-0.2, -0.15) is 5.10 Å². The fraction of sp³-hybridized carbons (Fsp3) is 0.417. The predicted molar refractivity (Wildman–Crippen MR) is 122 cm³/mol. The highest BCUT2D eigenvalue weighted by molar-refractivity contribution is 5.81. The fourth-order valence-electron chi connectivity index (χ4n) is 6.13. The second-order valence-electron chi connectivity index (χ2n) is 9.51. The molecule has 0 radical (unpaired) electrons. The molecule has 0 saturated carbocycles. The molecule has 0 aliphatic carbocycles. The molecule has 7 rings (SSSR count). The molecule has 3 saturated heterocycles. The van der Waals surface area contributed by atoms with E-state index in [2.05, 4.69) is 67.3 Å². The second-order valence-corrected chi connectivity index (χ2v) is 9.51. The third-order valence-corrected chi connectivity index (χ3v) is 7.75. The van der Waals surface area contributed by atoms with Crippen LogP contribution < -0.4 is 4.90 Å². The van der Waals surface area contributed by atoms with Crippen LogP contribution in [-0.4, -0.2) is 65.9 Å². The van der Waals surface area contributed by atoms with Gasteiger partial charge in [-0.1, -0.05) is 0 Å². The van der Waals surface area contributed by atoms with Crippen molar-refractivity contribution in [3.05, 3.63) is 48.5 Å². The molecule has 3 aliphatic rings. The Kier molecular flexibility index (Phi) is 3.79. The average molecular weight is 427 g/mol. The van der Waals surface area contributed by atoms with Crippen LogP contribution >= 0.6 is 0 Å². The summed E-state index contributed by atoms with van der Waals surface area (Å²) in [5, 5.41) is 14.0. The number of aryl methyl sites for hydroxylation is 1. The van der Waals surface area contributed by atoms with Crippen molar-refractivity contribution in [3.8, 4) is 22.6 Å². The molecule has 0 bridgehead atoms. The minimum absolute atomic E-state index is 0.560. The Balaban J connectivity index is 1.19. The maximum atomic E-state index is 4.70. The van der Waals surface area contributed by atoms with Gasteiger partial charge in [0.1, 0.15) is 0 Å². The number of aromatic amines is 1. The Hall–Kier alpha value is -3.26. The van der Waals surface area contributed by atoms with Gasteiger partial charge in [0.05, 0.1) is 40.8 Å². The number of anilines is 1. The van der Waals surface area contributed by atoms with Crippen LogP contribution in [0.5, 0.6) is 0 Å². The summed E-state index contributed by atoms with van der Waals surface area (Å²) in [6, 6.07) is 13.5. The van der Waals surface area contributed by atoms with Crippen LogP contribution in [0.25, 0.3) is 28.2 Å². The Bertz CT molecular complexity index is 1290. The zero-order valence-corrected chi connectivity index (χ0v) is 18.3. The van der Waals surface area contributed by atoms with Crippen LogP contribution in [0.3, 0.4) is 0 Å². The highest BCUT2D eigenvalue weighted by Crippen LogP contribution is 2.51. The molecule has 4 aromatic heterocycles. The van der Waals surface area contributed by atoms with E-state index >= 15 is 0 Å². The number of fused-ring (bicyclic) bond motifs is 2. The Morgan fingerprint density at radius 3 is 2.78 bits per heavy atom. The first-order chi connectivity index (χ1) is 15.7. The molecule has 0 amide bonds. The lowest BCUT2D eigenvalue weighted by atomic mass is 9.91. The van der Waals surface area contributed by atoms with Crippen molar-refractivity contribution in [2.75, 3.05) is 11.9 Å². The number of imidazole rings is 1. The van der Waals surface area contributed by atoms with Crippen molar-refractivity contribution < 1.29 is 0 Å². The molecule has 0 aromatic carbocycles. The highest BCUT2D eigenvalue weighted by atomic mass is 15.4. The van der Waals surface area contributed by atoms with E-state index in [0.29, 0.717) is 6.04 Å². The van der Waals surface area contributed by atoms with E-state index in [4.69, 9.17) is 5.10 Å². The van der Waals surface area contributed by atoms with Gasteiger partial charge in [-0.3, -0.25) is 4.90 Å². The minimum atomic E-state index is 0.560. The van der Waals surface area contributed by atoms with Crippen molar-refractivity contribution in [1.29, 1.82) is 0 Å². The predicted octanol–water partition coefficient (Wildman–Crippen LogP) is 3.30. The van der Waals surface area contributed by atoms with Crippen molar-refractivity contribution in [3.63, 3.8) is 0 Å². The second kappa shape index (κ2) is 6.62. The third-order valence-electron chi connectivity index (χ3n) is 7.75. The Morgan fingerprint density at radius 1 is 1.06 bits per heavy atom. The number of nitrogens with zero attached hydrogens (tertiary/aromatic N) is 7. The summed E-state index contributed by atoms with van der Waals surface area (Å²) in [5.74, 6) is 0.957. The monoisotopic (exact) mass is 426 g/mol. The lowest BCUT2D eigenvalue weighted by Gasteiger charge is -2.35. The molecule has 2 unspecified atom stereocenters. The van der Waals surface area contributed by atoms with Gasteiger partial charge in [-0.15, -0.1) is 10.2 Å². The maximum absolute atomic E-state index is 4.70. The van der Waals surface area contributed by atoms with E-state index in [-0.39, 0.29) is 0 Å².